The van der Waals surface area contributed by atoms with E-state index >= 15 is 0 Å². The van der Waals surface area contributed by atoms with Gasteiger partial charge in [-0.3, -0.25) is 19.4 Å². The van der Waals surface area contributed by atoms with Crippen LogP contribution >= 0.6 is 0 Å². The largest absolute Gasteiger partial charge is 0.292 e. The van der Waals surface area contributed by atoms with Crippen LogP contribution in [0.1, 0.15) is 27.5 Å². The van der Waals surface area contributed by atoms with Crippen LogP contribution in [0.2, 0.25) is 0 Å². The van der Waals surface area contributed by atoms with Gasteiger partial charge < -0.3 is 0 Å². The average Bonchev–Trinajstić information content (AvgIpc) is 3.32. The molecule has 0 bridgehead atoms. The summed E-state index contributed by atoms with van der Waals surface area (Å²) in [5.41, 5.74) is 2.46. The summed E-state index contributed by atoms with van der Waals surface area (Å²) in [4.78, 5) is 42.2. The molecule has 33 heavy (non-hydrogen) atoms. The van der Waals surface area contributed by atoms with E-state index in [2.05, 4.69) is 5.10 Å². The van der Waals surface area contributed by atoms with Gasteiger partial charge >= 0.3 is 0 Å². The van der Waals surface area contributed by atoms with Crippen LogP contribution in [0.25, 0.3) is 0 Å². The van der Waals surface area contributed by atoms with Crippen LogP contribution in [0, 0.1) is 17.7 Å². The smallest absolute Gasteiger partial charge is 0.240 e. The highest BCUT2D eigenvalue weighted by molar-refractivity contribution is 6.24. The fourth-order valence-corrected chi connectivity index (χ4v) is 5.28. The average molecular weight is 439 g/mol. The van der Waals surface area contributed by atoms with E-state index in [9.17, 15) is 18.8 Å². The summed E-state index contributed by atoms with van der Waals surface area (Å²) in [6.07, 6.45) is 1.65. The van der Waals surface area contributed by atoms with Crippen molar-refractivity contribution in [3.05, 3.63) is 101 Å². The van der Waals surface area contributed by atoms with Crippen molar-refractivity contribution >= 4 is 29.5 Å². The van der Waals surface area contributed by atoms with Crippen LogP contribution in [0.5, 0.6) is 0 Å². The molecule has 7 heteroatoms. The number of carbonyl (C=O) groups excluding carboxylic acids is 3. The topological polar surface area (TPSA) is 70.0 Å². The molecule has 2 fully saturated rings. The zero-order chi connectivity index (χ0) is 22.7. The van der Waals surface area contributed by atoms with Gasteiger partial charge in [-0.2, -0.15) is 5.10 Å². The summed E-state index contributed by atoms with van der Waals surface area (Å²) in [6, 6.07) is 20.0. The molecule has 0 aromatic heterocycles. The minimum Gasteiger partial charge on any atom is -0.292 e. The number of amides is 2. The van der Waals surface area contributed by atoms with E-state index in [4.69, 9.17) is 0 Å². The maximum atomic E-state index is 13.7. The molecule has 162 valence electrons. The van der Waals surface area contributed by atoms with Crippen molar-refractivity contribution < 1.29 is 18.8 Å². The first-order valence-electron chi connectivity index (χ1n) is 10.7. The molecule has 0 radical (unpaired) electrons. The number of rotatable bonds is 3. The van der Waals surface area contributed by atoms with E-state index in [0.29, 0.717) is 5.69 Å². The lowest BCUT2D eigenvalue weighted by Gasteiger charge is -2.33. The normalized spacial score (nSPS) is 25.1. The highest BCUT2D eigenvalue weighted by Gasteiger charge is 2.65. The second-order valence-electron chi connectivity index (χ2n) is 8.41. The van der Waals surface area contributed by atoms with Gasteiger partial charge in [-0.1, -0.05) is 42.5 Å². The Morgan fingerprint density at radius 2 is 1.48 bits per heavy atom. The number of ketones is 1. The molecule has 6 rings (SSSR count). The molecule has 3 aliphatic heterocycles. The van der Waals surface area contributed by atoms with Crippen LogP contribution in [0.3, 0.4) is 0 Å². The van der Waals surface area contributed by atoms with Gasteiger partial charge in [0.2, 0.25) is 11.8 Å². The summed E-state index contributed by atoms with van der Waals surface area (Å²) in [5, 5.41) is 6.12. The van der Waals surface area contributed by atoms with E-state index in [0.717, 1.165) is 11.1 Å². The predicted molar refractivity (Wildman–Crippen MR) is 119 cm³/mol. The molecule has 0 spiro atoms. The second-order valence-corrected chi connectivity index (χ2v) is 8.41. The third-order valence-corrected chi connectivity index (χ3v) is 6.70. The first-order valence-corrected chi connectivity index (χ1v) is 10.7. The van der Waals surface area contributed by atoms with Gasteiger partial charge in [0.25, 0.3) is 0 Å². The lowest BCUT2D eigenvalue weighted by Crippen LogP contribution is -2.44. The quantitative estimate of drug-likeness (QED) is 0.462. The molecule has 3 aromatic rings. The minimum absolute atomic E-state index is 0.272. The Morgan fingerprint density at radius 1 is 0.818 bits per heavy atom. The van der Waals surface area contributed by atoms with Crippen molar-refractivity contribution in [1.29, 1.82) is 0 Å². The first kappa shape index (κ1) is 19.5. The second kappa shape index (κ2) is 7.20. The van der Waals surface area contributed by atoms with E-state index in [-0.39, 0.29) is 17.3 Å². The summed E-state index contributed by atoms with van der Waals surface area (Å²) >= 11 is 0. The summed E-state index contributed by atoms with van der Waals surface area (Å²) in [5.74, 6) is -3.23. The highest BCUT2D eigenvalue weighted by Crippen LogP contribution is 2.53. The number of benzene rings is 3. The fourth-order valence-electron chi connectivity index (χ4n) is 5.28. The van der Waals surface area contributed by atoms with E-state index in [1.54, 1.807) is 35.5 Å². The molecule has 0 N–H and O–H groups in total. The molecule has 3 heterocycles. The zero-order valence-electron chi connectivity index (χ0n) is 17.3. The number of Topliss-reactive ketones (excluding diaryl/α,β-unsaturated/α-hetero) is 1. The first-order chi connectivity index (χ1) is 16.1. The molecule has 0 saturated carbocycles. The number of carbonyl (C=O) groups is 3. The molecule has 2 amide bonds. The Bertz CT molecular complexity index is 1320. The van der Waals surface area contributed by atoms with Crippen molar-refractivity contribution in [2.75, 3.05) is 4.90 Å². The maximum Gasteiger partial charge on any atom is 0.240 e. The standard InChI is InChI=1S/C26H18FN3O3/c27-17-12-10-15(11-13-17)24(31)23-21-20(22-19-9-5-4-6-16(19)14-28-30(22)23)25(32)29(26(21)33)18-7-2-1-3-8-18/h1-14,20-23H/t20-,21-,22+,23+/m1/s1. The van der Waals surface area contributed by atoms with Gasteiger partial charge in [0.05, 0.1) is 29.8 Å². The Hall–Kier alpha value is -4.13. The van der Waals surface area contributed by atoms with Gasteiger partial charge in [-0.05, 0) is 47.5 Å². The number of imide groups is 1. The molecule has 3 aromatic carbocycles. The molecule has 6 nitrogen and oxygen atoms in total. The van der Waals surface area contributed by atoms with E-state index < -0.39 is 35.6 Å². The number of hydrogen-bond acceptors (Lipinski definition) is 5. The van der Waals surface area contributed by atoms with Crippen molar-refractivity contribution in [2.45, 2.75) is 12.1 Å². The highest BCUT2D eigenvalue weighted by atomic mass is 19.1. The Kier molecular flexibility index (Phi) is 4.26. The molecule has 4 atom stereocenters. The Morgan fingerprint density at radius 3 is 2.24 bits per heavy atom. The lowest BCUT2D eigenvalue weighted by molar-refractivity contribution is -0.124. The number of para-hydroxylation sites is 1. The molecule has 3 aliphatic rings. The zero-order valence-corrected chi connectivity index (χ0v) is 17.3. The van der Waals surface area contributed by atoms with E-state index in [1.165, 1.54) is 29.2 Å². The SMILES string of the molecule is O=C(c1ccc(F)cc1)[C@@H]1[C@@H]2C(=O)N(c3ccccc3)C(=O)[C@H]2[C@@H]2c3ccccc3C=NN12. The van der Waals surface area contributed by atoms with Crippen molar-refractivity contribution in [2.24, 2.45) is 16.9 Å². The number of nitrogens with zero attached hydrogens (tertiary/aromatic N) is 3. The van der Waals surface area contributed by atoms with Gasteiger partial charge in [0.15, 0.2) is 5.78 Å². The predicted octanol–water partition coefficient (Wildman–Crippen LogP) is 3.59. The Labute approximate surface area is 188 Å². The van der Waals surface area contributed by atoms with Gasteiger partial charge in [0, 0.05) is 5.56 Å². The summed E-state index contributed by atoms with van der Waals surface area (Å²) in [6.45, 7) is 0. The van der Waals surface area contributed by atoms with Crippen LogP contribution in [0.4, 0.5) is 10.1 Å². The minimum atomic E-state index is -0.972. The maximum absolute atomic E-state index is 13.7. The molecular weight excluding hydrogens is 421 g/mol. The fraction of sp³-hybridized carbons (Fsp3) is 0.154. The molecule has 0 aliphatic carbocycles. The van der Waals surface area contributed by atoms with Crippen molar-refractivity contribution in [1.82, 2.24) is 5.01 Å². The monoisotopic (exact) mass is 439 g/mol. The van der Waals surface area contributed by atoms with Crippen LogP contribution in [0.15, 0.2) is 84.0 Å². The van der Waals surface area contributed by atoms with Crippen LogP contribution in [-0.2, 0) is 9.59 Å². The number of anilines is 1. The summed E-state index contributed by atoms with van der Waals surface area (Å²) in [7, 11) is 0. The van der Waals surface area contributed by atoms with Gasteiger partial charge in [-0.15, -0.1) is 0 Å². The number of hydrazone groups is 1. The van der Waals surface area contributed by atoms with Crippen LogP contribution < -0.4 is 4.90 Å². The van der Waals surface area contributed by atoms with Gasteiger partial charge in [0.1, 0.15) is 11.9 Å². The van der Waals surface area contributed by atoms with Crippen LogP contribution in [-0.4, -0.2) is 34.9 Å². The lowest BCUT2D eigenvalue weighted by atomic mass is 9.83. The molecule has 0 unspecified atom stereocenters. The number of hydrogen-bond donors (Lipinski definition) is 0. The van der Waals surface area contributed by atoms with Gasteiger partial charge in [-0.25, -0.2) is 9.29 Å². The third kappa shape index (κ3) is 2.78. The van der Waals surface area contributed by atoms with Crippen molar-refractivity contribution in [3.8, 4) is 0 Å². The third-order valence-electron chi connectivity index (χ3n) is 6.70. The summed E-state index contributed by atoms with van der Waals surface area (Å²) < 4.78 is 13.5. The number of fused-ring (bicyclic) bond motifs is 5. The Balaban J connectivity index is 1.50. The van der Waals surface area contributed by atoms with Crippen molar-refractivity contribution in [3.63, 3.8) is 0 Å². The molecule has 2 saturated heterocycles. The van der Waals surface area contributed by atoms with E-state index in [1.807, 2.05) is 30.3 Å². The number of halogens is 1. The molecular formula is C26H18FN3O3.